The van der Waals surface area contributed by atoms with Crippen molar-refractivity contribution in [2.75, 3.05) is 60.0 Å². The highest BCUT2D eigenvalue weighted by Gasteiger charge is 2.32. The molecule has 3 aromatic rings. The van der Waals surface area contributed by atoms with Gasteiger partial charge in [-0.25, -0.2) is 4.79 Å². The van der Waals surface area contributed by atoms with Crippen LogP contribution in [0.4, 0.5) is 10.5 Å². The van der Waals surface area contributed by atoms with Crippen molar-refractivity contribution in [1.82, 2.24) is 20.9 Å². The number of rotatable bonds is 30. The summed E-state index contributed by atoms with van der Waals surface area (Å²) in [5.74, 6) is -1.07. The Morgan fingerprint density at radius 2 is 1.44 bits per heavy atom. The highest BCUT2D eigenvalue weighted by molar-refractivity contribution is 5.97. The Morgan fingerprint density at radius 3 is 2.08 bits per heavy atom. The largest absolute Gasteiger partial charge is 0.493 e. The molecule has 1 aliphatic carbocycles. The summed E-state index contributed by atoms with van der Waals surface area (Å²) in [5.41, 5.74) is 9.00. The van der Waals surface area contributed by atoms with Crippen LogP contribution in [0.3, 0.4) is 0 Å². The number of fused-ring (bicyclic) bond motifs is 3. The fraction of sp³-hybridized carbons (Fsp3) is 0.534. The quantitative estimate of drug-likeness (QED) is 0.0459. The smallest absolute Gasteiger partial charge is 0.312 e. The lowest BCUT2D eigenvalue weighted by molar-refractivity contribution is -0.135. The van der Waals surface area contributed by atoms with Gasteiger partial charge in [0.05, 0.1) is 47.1 Å². The monoisotopic (exact) mass is 1080 g/mol. The number of hydrogen-bond donors (Lipinski definition) is 5. The van der Waals surface area contributed by atoms with E-state index in [9.17, 15) is 43.2 Å². The first-order valence-corrected chi connectivity index (χ1v) is 26.8. The van der Waals surface area contributed by atoms with Gasteiger partial charge in [0.1, 0.15) is 12.4 Å². The lowest BCUT2D eigenvalue weighted by Crippen LogP contribution is -2.45. The standard InChI is InChI=1S/C58H78N6O14/c1-35(2)54(63-51(70)15-10-16-52(71)64-28-25-38(26-29-64)36(3)65)47(68)30-40(12-11-27-60-58(59)73)57(72)61-41-20-17-37(18-21-41)33-78-34-42(66)13-8-9-14-50(69)62-45-23-19-39-31-49(75-5)55(76-6)56(77-7)53(39)43-22-24-48(74-4)46(67)32-44(43)45/h17-18,20-22,24,31-32,35,38,40,45,54H,8-16,19,23,25-30,33-34H2,1-7H3,(H,61,72)(H,62,69)(H,63,70)(H3,59,60,73)/t40-,45?,54+/m1/s1. The summed E-state index contributed by atoms with van der Waals surface area (Å²) in [4.78, 5) is 118. The number of aryl methyl sites for hydroxylation is 1. The number of carbonyl (C=O) groups excluding carboxylic acids is 8. The summed E-state index contributed by atoms with van der Waals surface area (Å²) < 4.78 is 28.2. The average Bonchev–Trinajstić information content (AvgIpc) is 3.70. The molecular formula is C58H78N6O14. The zero-order valence-electron chi connectivity index (χ0n) is 46.2. The van der Waals surface area contributed by atoms with E-state index in [4.69, 9.17) is 29.4 Å². The second kappa shape index (κ2) is 30.6. The number of hydrogen-bond acceptors (Lipinski definition) is 14. The number of ether oxygens (including phenoxy) is 5. The van der Waals surface area contributed by atoms with Crippen molar-refractivity contribution in [2.24, 2.45) is 23.5 Å². The number of primary amides is 1. The van der Waals surface area contributed by atoms with Crippen LogP contribution in [0.15, 0.2) is 53.3 Å². The van der Waals surface area contributed by atoms with Gasteiger partial charge in [0.2, 0.25) is 34.8 Å². The SMILES string of the molecule is COc1cc2c(c(OC)c1OC)-c1ccc(OC)c(=O)cc1C(NC(=O)CCCCC(=O)COCc1ccc(NC(=O)[C@H](CCCNC(N)=O)CC(=O)[C@@H](NC(=O)CCCC(=O)N3CCC(C(C)=O)CC3)C(C)C)cc1)CC2. The van der Waals surface area contributed by atoms with Crippen LogP contribution in [0.5, 0.6) is 23.0 Å². The van der Waals surface area contributed by atoms with Gasteiger partial charge in [-0.15, -0.1) is 0 Å². The third-order valence-corrected chi connectivity index (χ3v) is 14.3. The maximum Gasteiger partial charge on any atom is 0.312 e. The summed E-state index contributed by atoms with van der Waals surface area (Å²) in [6.07, 6.45) is 4.48. The van der Waals surface area contributed by atoms with E-state index in [-0.39, 0.29) is 116 Å². The molecule has 424 valence electrons. The van der Waals surface area contributed by atoms with Crippen LogP contribution in [0.1, 0.15) is 127 Å². The Labute approximate surface area is 456 Å². The van der Waals surface area contributed by atoms with Crippen molar-refractivity contribution in [3.05, 3.63) is 75.4 Å². The summed E-state index contributed by atoms with van der Waals surface area (Å²) in [5, 5.41) is 11.3. The molecule has 20 nitrogen and oxygen atoms in total. The lowest BCUT2D eigenvalue weighted by Gasteiger charge is -2.31. The molecule has 6 amide bonds. The number of nitrogens with zero attached hydrogens (tertiary/aromatic N) is 1. The van der Waals surface area contributed by atoms with E-state index >= 15 is 0 Å². The van der Waals surface area contributed by atoms with Crippen molar-refractivity contribution in [1.29, 1.82) is 0 Å². The first-order valence-electron chi connectivity index (χ1n) is 26.8. The van der Waals surface area contributed by atoms with Crippen molar-refractivity contribution in [2.45, 2.75) is 129 Å². The molecule has 1 aliphatic heterocycles. The van der Waals surface area contributed by atoms with Crippen LogP contribution >= 0.6 is 0 Å². The Bertz CT molecular complexity index is 2670. The molecule has 1 heterocycles. The van der Waals surface area contributed by atoms with Gasteiger partial charge in [-0.05, 0) is 123 Å². The Morgan fingerprint density at radius 1 is 0.756 bits per heavy atom. The molecule has 5 rings (SSSR count). The molecule has 3 aromatic carbocycles. The van der Waals surface area contributed by atoms with Crippen LogP contribution in [-0.2, 0) is 51.3 Å². The number of urea groups is 1. The molecule has 0 spiro atoms. The number of ketones is 3. The summed E-state index contributed by atoms with van der Waals surface area (Å²) in [6.45, 7) is 6.37. The maximum absolute atomic E-state index is 13.8. The number of carbonyl (C=O) groups is 8. The predicted molar refractivity (Wildman–Crippen MR) is 292 cm³/mol. The number of Topliss-reactive ketones (excluding diaryl/α,β-unsaturated/α-hetero) is 3. The molecule has 0 aromatic heterocycles. The number of amides is 6. The highest BCUT2D eigenvalue weighted by Crippen LogP contribution is 2.50. The number of likely N-dealkylation sites (tertiary alicyclic amines) is 1. The number of anilines is 1. The first kappa shape index (κ1) is 61.5. The maximum atomic E-state index is 13.8. The summed E-state index contributed by atoms with van der Waals surface area (Å²) in [7, 11) is 6.02. The number of methoxy groups -OCH3 is 4. The van der Waals surface area contributed by atoms with Crippen LogP contribution in [0.25, 0.3) is 11.1 Å². The van der Waals surface area contributed by atoms with E-state index in [2.05, 4.69) is 21.3 Å². The minimum atomic E-state index is -0.875. The van der Waals surface area contributed by atoms with E-state index < -0.39 is 29.9 Å². The van der Waals surface area contributed by atoms with Gasteiger partial charge in [0.25, 0.3) is 0 Å². The van der Waals surface area contributed by atoms with Crippen LogP contribution in [-0.4, -0.2) is 113 Å². The van der Waals surface area contributed by atoms with Crippen molar-refractivity contribution in [3.63, 3.8) is 0 Å². The second-order valence-corrected chi connectivity index (χ2v) is 20.3. The third kappa shape index (κ3) is 17.9. The minimum Gasteiger partial charge on any atom is -0.493 e. The van der Waals surface area contributed by atoms with Gasteiger partial charge in [0.15, 0.2) is 28.8 Å². The Balaban J connectivity index is 1.07. The van der Waals surface area contributed by atoms with E-state index in [0.717, 1.165) is 16.7 Å². The number of piperidine rings is 1. The Kier molecular flexibility index (Phi) is 24.1. The molecule has 78 heavy (non-hydrogen) atoms. The molecule has 0 radical (unpaired) electrons. The fourth-order valence-corrected chi connectivity index (χ4v) is 9.99. The number of nitrogens with one attached hydrogen (secondary N) is 4. The average molecular weight is 1080 g/mol. The molecule has 1 saturated heterocycles. The van der Waals surface area contributed by atoms with Crippen LogP contribution < -0.4 is 51.4 Å². The van der Waals surface area contributed by atoms with Gasteiger partial charge in [-0.3, -0.25) is 38.4 Å². The first-order chi connectivity index (χ1) is 37.4. The van der Waals surface area contributed by atoms with Crippen molar-refractivity contribution >= 4 is 52.7 Å². The van der Waals surface area contributed by atoms with Crippen LogP contribution in [0, 0.1) is 17.8 Å². The molecule has 20 heteroatoms. The molecule has 1 unspecified atom stereocenters. The summed E-state index contributed by atoms with van der Waals surface area (Å²) >= 11 is 0. The van der Waals surface area contributed by atoms with E-state index in [1.165, 1.54) is 27.4 Å². The van der Waals surface area contributed by atoms with E-state index in [1.54, 1.807) is 69.2 Å². The van der Waals surface area contributed by atoms with Crippen molar-refractivity contribution < 1.29 is 62.0 Å². The molecule has 0 saturated carbocycles. The highest BCUT2D eigenvalue weighted by atomic mass is 16.5. The normalized spacial score (nSPS) is 14.8. The third-order valence-electron chi connectivity index (χ3n) is 14.3. The molecule has 2 aliphatic rings. The second-order valence-electron chi connectivity index (χ2n) is 20.3. The zero-order valence-corrected chi connectivity index (χ0v) is 46.2. The van der Waals surface area contributed by atoms with Crippen molar-refractivity contribution in [3.8, 4) is 34.1 Å². The minimum absolute atomic E-state index is 0.0215. The molecule has 3 atom stereocenters. The fourth-order valence-electron chi connectivity index (χ4n) is 9.99. The van der Waals surface area contributed by atoms with E-state index in [1.807, 2.05) is 6.07 Å². The lowest BCUT2D eigenvalue weighted by atomic mass is 9.89. The Hall–Kier alpha value is -7.35. The van der Waals surface area contributed by atoms with E-state index in [0.29, 0.717) is 98.5 Å². The van der Waals surface area contributed by atoms with Crippen LogP contribution in [0.2, 0.25) is 0 Å². The molecule has 0 bridgehead atoms. The molecule has 1 fully saturated rings. The molecular weight excluding hydrogens is 1000 g/mol. The van der Waals surface area contributed by atoms with Gasteiger partial charge in [-0.2, -0.15) is 0 Å². The number of nitrogens with two attached hydrogens (primary N) is 1. The number of benzene rings is 2. The summed E-state index contributed by atoms with van der Waals surface area (Å²) in [6, 6.07) is 11.5. The topological polar surface area (TPSA) is 277 Å². The van der Waals surface area contributed by atoms with Gasteiger partial charge in [0, 0.05) is 74.8 Å². The van der Waals surface area contributed by atoms with Gasteiger partial charge in [-0.1, -0.05) is 32.0 Å². The van der Waals surface area contributed by atoms with Gasteiger partial charge >= 0.3 is 6.03 Å². The predicted octanol–water partition coefficient (Wildman–Crippen LogP) is 6.30. The molecule has 6 N–H and O–H groups in total. The zero-order chi connectivity index (χ0) is 56.9. The van der Waals surface area contributed by atoms with Gasteiger partial charge < -0.3 is 55.6 Å². The number of unbranched alkanes of at least 4 members (excludes halogenated alkanes) is 1.